The molecular weight excluding hydrogens is 314 g/mol. The molecule has 2 aromatic rings. The number of halogens is 1. The molecule has 0 fully saturated rings. The van der Waals surface area contributed by atoms with E-state index in [4.69, 9.17) is 16.1 Å². The maximum Gasteiger partial charge on any atom is 0.240 e. The number of benzene rings is 1. The van der Waals surface area contributed by atoms with E-state index in [9.17, 15) is 4.79 Å². The molecule has 5 nitrogen and oxygen atoms in total. The summed E-state index contributed by atoms with van der Waals surface area (Å²) in [6.07, 6.45) is 0. The van der Waals surface area contributed by atoms with Crippen molar-refractivity contribution >= 4 is 23.4 Å². The molecule has 0 atom stereocenters. The van der Waals surface area contributed by atoms with E-state index in [-0.39, 0.29) is 17.9 Å². The summed E-state index contributed by atoms with van der Waals surface area (Å²) in [4.78, 5) is 14.0. The smallest absolute Gasteiger partial charge is 0.240 e. The summed E-state index contributed by atoms with van der Waals surface area (Å²) in [6.45, 7) is 7.00. The van der Waals surface area contributed by atoms with Gasteiger partial charge in [-0.1, -0.05) is 49.7 Å². The van der Waals surface area contributed by atoms with E-state index in [2.05, 4.69) is 10.5 Å². The largest absolute Gasteiger partial charge is 0.338 e. The van der Waals surface area contributed by atoms with Gasteiger partial charge in [0, 0.05) is 23.0 Å². The van der Waals surface area contributed by atoms with Crippen molar-refractivity contribution in [3.05, 3.63) is 46.6 Å². The van der Waals surface area contributed by atoms with Crippen LogP contribution in [0.3, 0.4) is 0 Å². The highest BCUT2D eigenvalue weighted by molar-refractivity contribution is 6.30. The second-order valence-electron chi connectivity index (χ2n) is 6.68. The Morgan fingerprint density at radius 1 is 1.35 bits per heavy atom. The van der Waals surface area contributed by atoms with Gasteiger partial charge >= 0.3 is 0 Å². The first-order chi connectivity index (χ1) is 10.7. The fourth-order valence-corrected chi connectivity index (χ4v) is 2.33. The summed E-state index contributed by atoms with van der Waals surface area (Å²) >= 11 is 5.96. The molecule has 1 aromatic carbocycles. The van der Waals surface area contributed by atoms with Gasteiger partial charge in [-0.25, -0.2) is 0 Å². The van der Waals surface area contributed by atoms with Gasteiger partial charge in [0.1, 0.15) is 0 Å². The predicted octanol–water partition coefficient (Wildman–Crippen LogP) is 3.70. The molecule has 1 N–H and O–H groups in total. The van der Waals surface area contributed by atoms with Gasteiger partial charge in [0.2, 0.25) is 11.8 Å². The topological polar surface area (TPSA) is 58.4 Å². The highest BCUT2D eigenvalue weighted by Gasteiger charge is 2.19. The van der Waals surface area contributed by atoms with Crippen LogP contribution in [0.25, 0.3) is 0 Å². The van der Waals surface area contributed by atoms with Gasteiger partial charge in [-0.3, -0.25) is 15.0 Å². The lowest BCUT2D eigenvalue weighted by atomic mass is 9.92. The molecule has 23 heavy (non-hydrogen) atoms. The minimum atomic E-state index is -0.147. The van der Waals surface area contributed by atoms with Crippen molar-refractivity contribution in [2.45, 2.75) is 32.7 Å². The lowest BCUT2D eigenvalue weighted by molar-refractivity contribution is -0.117. The number of likely N-dealkylation sites (N-methyl/N-ethyl adjacent to an activating group) is 1. The van der Waals surface area contributed by atoms with Gasteiger partial charge in [0.15, 0.2) is 0 Å². The molecular formula is C17H22ClN3O2. The monoisotopic (exact) mass is 335 g/mol. The van der Waals surface area contributed by atoms with Crippen LogP contribution in [0.5, 0.6) is 0 Å². The Morgan fingerprint density at radius 2 is 2.09 bits per heavy atom. The van der Waals surface area contributed by atoms with Crippen LogP contribution in [0.2, 0.25) is 5.02 Å². The average molecular weight is 336 g/mol. The van der Waals surface area contributed by atoms with E-state index in [1.54, 1.807) is 6.07 Å². The van der Waals surface area contributed by atoms with Crippen LogP contribution in [0, 0.1) is 0 Å². The Morgan fingerprint density at radius 3 is 2.70 bits per heavy atom. The van der Waals surface area contributed by atoms with Crippen LogP contribution >= 0.6 is 11.6 Å². The molecule has 1 heterocycles. The molecule has 0 saturated heterocycles. The number of nitrogens with one attached hydrogen (secondary N) is 1. The van der Waals surface area contributed by atoms with Gasteiger partial charge < -0.3 is 4.52 Å². The third-order valence-corrected chi connectivity index (χ3v) is 3.53. The molecule has 0 radical (unpaired) electrons. The van der Waals surface area contributed by atoms with Crippen molar-refractivity contribution in [2.24, 2.45) is 0 Å². The molecule has 1 aromatic heterocycles. The number of aromatic nitrogens is 1. The minimum Gasteiger partial charge on any atom is -0.338 e. The number of amides is 1. The molecule has 6 heteroatoms. The van der Waals surface area contributed by atoms with E-state index >= 15 is 0 Å². The minimum absolute atomic E-state index is 0.115. The molecule has 0 aliphatic heterocycles. The van der Waals surface area contributed by atoms with Crippen LogP contribution in [0.4, 0.5) is 5.88 Å². The first-order valence-electron chi connectivity index (χ1n) is 7.44. The van der Waals surface area contributed by atoms with Gasteiger partial charge in [0.05, 0.1) is 12.2 Å². The SMILES string of the molecule is CN(CC(=O)Nc1cc(C(C)(C)C)no1)Cc1cccc(Cl)c1. The maximum absolute atomic E-state index is 12.1. The molecule has 0 aliphatic rings. The average Bonchev–Trinajstić information content (AvgIpc) is 2.86. The van der Waals surface area contributed by atoms with Crippen molar-refractivity contribution in [1.29, 1.82) is 0 Å². The normalized spacial score (nSPS) is 11.7. The summed E-state index contributed by atoms with van der Waals surface area (Å²) in [7, 11) is 1.88. The van der Waals surface area contributed by atoms with Crippen molar-refractivity contribution in [2.75, 3.05) is 18.9 Å². The predicted molar refractivity (Wildman–Crippen MR) is 91.6 cm³/mol. The molecule has 124 valence electrons. The Hall–Kier alpha value is -1.85. The zero-order valence-electron chi connectivity index (χ0n) is 13.9. The zero-order valence-corrected chi connectivity index (χ0v) is 14.6. The number of rotatable bonds is 5. The Balaban J connectivity index is 1.88. The summed E-state index contributed by atoms with van der Waals surface area (Å²) in [5.41, 5.74) is 1.75. The molecule has 0 aliphatic carbocycles. The van der Waals surface area contributed by atoms with Crippen LogP contribution in [0.15, 0.2) is 34.9 Å². The Kier molecular flexibility index (Phi) is 5.44. The summed E-state index contributed by atoms with van der Waals surface area (Å²) in [6, 6.07) is 9.35. The number of carbonyl (C=O) groups is 1. The summed E-state index contributed by atoms with van der Waals surface area (Å²) in [5, 5.41) is 7.40. The zero-order chi connectivity index (χ0) is 17.0. The van der Waals surface area contributed by atoms with E-state index in [0.29, 0.717) is 17.5 Å². The van der Waals surface area contributed by atoms with Crippen molar-refractivity contribution < 1.29 is 9.32 Å². The summed E-state index contributed by atoms with van der Waals surface area (Å²) in [5.74, 6) is 0.224. The van der Waals surface area contributed by atoms with Crippen LogP contribution in [-0.2, 0) is 16.8 Å². The maximum atomic E-state index is 12.1. The van der Waals surface area contributed by atoms with Crippen LogP contribution in [-0.4, -0.2) is 29.6 Å². The number of hydrogen-bond acceptors (Lipinski definition) is 4. The molecule has 0 spiro atoms. The van der Waals surface area contributed by atoms with Gasteiger partial charge in [-0.2, -0.15) is 0 Å². The van der Waals surface area contributed by atoms with Gasteiger partial charge in [0.25, 0.3) is 0 Å². The number of nitrogens with zero attached hydrogens (tertiary/aromatic N) is 2. The molecule has 0 saturated carbocycles. The lowest BCUT2D eigenvalue weighted by Crippen LogP contribution is -2.29. The van der Waals surface area contributed by atoms with Gasteiger partial charge in [-0.05, 0) is 24.7 Å². The van der Waals surface area contributed by atoms with E-state index in [0.717, 1.165) is 11.3 Å². The standard InChI is InChI=1S/C17H22ClN3O2/c1-17(2,3)14-9-16(23-20-14)19-15(22)11-21(4)10-12-6-5-7-13(18)8-12/h5-9H,10-11H2,1-4H3,(H,19,22). The lowest BCUT2D eigenvalue weighted by Gasteiger charge is -2.15. The van der Waals surface area contributed by atoms with E-state index in [1.807, 2.05) is 57.0 Å². The Labute approximate surface area is 141 Å². The third-order valence-electron chi connectivity index (χ3n) is 3.30. The Bertz CT molecular complexity index is 676. The van der Waals surface area contributed by atoms with Crippen molar-refractivity contribution in [3.8, 4) is 0 Å². The fourth-order valence-electron chi connectivity index (χ4n) is 2.11. The van der Waals surface area contributed by atoms with Crippen LogP contribution in [0.1, 0.15) is 32.0 Å². The van der Waals surface area contributed by atoms with Gasteiger partial charge in [-0.15, -0.1) is 0 Å². The number of hydrogen-bond donors (Lipinski definition) is 1. The van der Waals surface area contributed by atoms with Crippen molar-refractivity contribution in [1.82, 2.24) is 10.1 Å². The number of anilines is 1. The highest BCUT2D eigenvalue weighted by Crippen LogP contribution is 2.23. The quantitative estimate of drug-likeness (QED) is 0.905. The second kappa shape index (κ2) is 7.15. The third kappa shape index (κ3) is 5.37. The highest BCUT2D eigenvalue weighted by atomic mass is 35.5. The van der Waals surface area contributed by atoms with Crippen molar-refractivity contribution in [3.63, 3.8) is 0 Å². The van der Waals surface area contributed by atoms with E-state index in [1.165, 1.54) is 0 Å². The summed E-state index contributed by atoms with van der Waals surface area (Å²) < 4.78 is 5.16. The fraction of sp³-hybridized carbons (Fsp3) is 0.412. The molecule has 0 bridgehead atoms. The van der Waals surface area contributed by atoms with Crippen LogP contribution < -0.4 is 5.32 Å². The number of carbonyl (C=O) groups excluding carboxylic acids is 1. The first-order valence-corrected chi connectivity index (χ1v) is 7.82. The molecule has 1 amide bonds. The van der Waals surface area contributed by atoms with E-state index < -0.39 is 0 Å². The molecule has 2 rings (SSSR count). The molecule has 0 unspecified atom stereocenters. The second-order valence-corrected chi connectivity index (χ2v) is 7.11. The first kappa shape index (κ1) is 17.5.